The number of fused-ring (bicyclic) bond motifs is 1. The summed E-state index contributed by atoms with van der Waals surface area (Å²) in [7, 11) is 0. The third-order valence-corrected chi connectivity index (χ3v) is 5.28. The molecule has 0 radical (unpaired) electrons. The number of carbonyl (C=O) groups excluding carboxylic acids is 1. The number of amides is 1. The van der Waals surface area contributed by atoms with Crippen LogP contribution in [-0.4, -0.2) is 41.3 Å². The predicted octanol–water partition coefficient (Wildman–Crippen LogP) is 2.84. The Kier molecular flexibility index (Phi) is 4.74. The maximum absolute atomic E-state index is 13.4. The Morgan fingerprint density at radius 1 is 1.12 bits per heavy atom. The van der Waals surface area contributed by atoms with Gasteiger partial charge in [0.15, 0.2) is 0 Å². The third kappa shape index (κ3) is 3.24. The molecule has 0 unspecified atom stereocenters. The number of carbonyl (C=O) groups is 1. The normalized spacial score (nSPS) is 25.6. The predicted molar refractivity (Wildman–Crippen MR) is 95.1 cm³/mol. The zero-order chi connectivity index (χ0) is 18.1. The molecule has 0 bridgehead atoms. The monoisotopic (exact) mass is 355 g/mol. The van der Waals surface area contributed by atoms with Crippen molar-refractivity contribution < 1.29 is 19.0 Å². The fourth-order valence-corrected chi connectivity index (χ4v) is 3.93. The molecule has 26 heavy (non-hydrogen) atoms. The molecule has 1 amide bonds. The van der Waals surface area contributed by atoms with Crippen LogP contribution in [0, 0.1) is 5.82 Å². The van der Waals surface area contributed by atoms with Crippen LogP contribution >= 0.6 is 0 Å². The minimum Gasteiger partial charge on any atom is -0.391 e. The molecule has 3 atom stereocenters. The molecule has 4 nitrogen and oxygen atoms in total. The molecular weight excluding hydrogens is 333 g/mol. The van der Waals surface area contributed by atoms with Gasteiger partial charge in [0.05, 0.1) is 18.8 Å². The fraction of sp³-hybridized carbons (Fsp3) is 0.381. The van der Waals surface area contributed by atoms with Crippen molar-refractivity contribution in [1.82, 2.24) is 4.90 Å². The average molecular weight is 355 g/mol. The van der Waals surface area contributed by atoms with Crippen molar-refractivity contribution in [3.8, 4) is 0 Å². The van der Waals surface area contributed by atoms with Gasteiger partial charge in [-0.15, -0.1) is 0 Å². The van der Waals surface area contributed by atoms with Crippen LogP contribution in [0.3, 0.4) is 0 Å². The van der Waals surface area contributed by atoms with Crippen LogP contribution in [0.2, 0.25) is 0 Å². The Morgan fingerprint density at radius 3 is 2.62 bits per heavy atom. The lowest BCUT2D eigenvalue weighted by molar-refractivity contribution is -0.153. The average Bonchev–Trinajstić information content (AvgIpc) is 2.68. The number of halogens is 1. The smallest absolute Gasteiger partial charge is 0.252 e. The molecule has 136 valence electrons. The number of benzene rings is 2. The second-order valence-electron chi connectivity index (χ2n) is 6.99. The van der Waals surface area contributed by atoms with Crippen LogP contribution in [-0.2, 0) is 16.0 Å². The summed E-state index contributed by atoms with van der Waals surface area (Å²) in [6.45, 7) is 0.794. The molecule has 5 heteroatoms. The molecule has 1 saturated heterocycles. The first-order chi connectivity index (χ1) is 12.6. The lowest BCUT2D eigenvalue weighted by Crippen LogP contribution is -2.48. The minimum absolute atomic E-state index is 0.0549. The molecule has 2 aliphatic heterocycles. The van der Waals surface area contributed by atoms with E-state index in [4.69, 9.17) is 4.74 Å². The SMILES string of the molecule is O=C([C@H]1CC[C@@H](O)CO1)N1CCc2ccccc2[C@@H]1c1ccc(F)cc1. The van der Waals surface area contributed by atoms with Gasteiger partial charge in [0.2, 0.25) is 0 Å². The molecule has 0 aliphatic carbocycles. The molecule has 1 N–H and O–H groups in total. The van der Waals surface area contributed by atoms with Gasteiger partial charge >= 0.3 is 0 Å². The largest absolute Gasteiger partial charge is 0.391 e. The third-order valence-electron chi connectivity index (χ3n) is 5.28. The topological polar surface area (TPSA) is 49.8 Å². The molecule has 0 saturated carbocycles. The van der Waals surface area contributed by atoms with Crippen molar-refractivity contribution in [1.29, 1.82) is 0 Å². The van der Waals surface area contributed by atoms with Gasteiger partial charge in [0.25, 0.3) is 5.91 Å². The maximum atomic E-state index is 13.4. The van der Waals surface area contributed by atoms with E-state index in [1.54, 1.807) is 12.1 Å². The van der Waals surface area contributed by atoms with Crippen LogP contribution in [0.5, 0.6) is 0 Å². The summed E-state index contributed by atoms with van der Waals surface area (Å²) in [4.78, 5) is 15.0. The van der Waals surface area contributed by atoms with E-state index in [1.165, 1.54) is 17.7 Å². The van der Waals surface area contributed by atoms with Crippen molar-refractivity contribution in [2.75, 3.05) is 13.2 Å². The quantitative estimate of drug-likeness (QED) is 0.901. The number of aliphatic hydroxyl groups excluding tert-OH is 1. The summed E-state index contributed by atoms with van der Waals surface area (Å²) in [6, 6.07) is 14.2. The number of rotatable bonds is 2. The van der Waals surface area contributed by atoms with E-state index in [2.05, 4.69) is 6.07 Å². The first-order valence-electron chi connectivity index (χ1n) is 9.07. The molecule has 2 aromatic carbocycles. The highest BCUT2D eigenvalue weighted by molar-refractivity contribution is 5.82. The van der Waals surface area contributed by atoms with Crippen LogP contribution in [0.25, 0.3) is 0 Å². The van der Waals surface area contributed by atoms with E-state index >= 15 is 0 Å². The molecule has 0 aromatic heterocycles. The summed E-state index contributed by atoms with van der Waals surface area (Å²) in [6.07, 6.45) is 0.867. The Bertz CT molecular complexity index is 784. The number of hydrogen-bond donors (Lipinski definition) is 1. The van der Waals surface area contributed by atoms with Crippen LogP contribution in [0.4, 0.5) is 4.39 Å². The highest BCUT2D eigenvalue weighted by Crippen LogP contribution is 2.36. The van der Waals surface area contributed by atoms with E-state index in [0.29, 0.717) is 19.4 Å². The van der Waals surface area contributed by atoms with Gasteiger partial charge in [-0.3, -0.25) is 4.79 Å². The Labute approximate surface area is 152 Å². The van der Waals surface area contributed by atoms with E-state index < -0.39 is 12.2 Å². The molecule has 0 spiro atoms. The summed E-state index contributed by atoms with van der Waals surface area (Å²) < 4.78 is 19.0. The molecular formula is C21H22FNO3. The Balaban J connectivity index is 1.68. The van der Waals surface area contributed by atoms with Crippen LogP contribution in [0.1, 0.15) is 35.6 Å². The van der Waals surface area contributed by atoms with Gasteiger partial charge in [-0.05, 0) is 48.1 Å². The molecule has 2 aromatic rings. The number of ether oxygens (including phenoxy) is 1. The highest BCUT2D eigenvalue weighted by Gasteiger charge is 2.37. The van der Waals surface area contributed by atoms with E-state index in [1.807, 2.05) is 23.1 Å². The first-order valence-corrected chi connectivity index (χ1v) is 9.07. The second kappa shape index (κ2) is 7.17. The summed E-state index contributed by atoms with van der Waals surface area (Å²) in [5.74, 6) is -0.346. The summed E-state index contributed by atoms with van der Waals surface area (Å²) in [5, 5.41) is 9.62. The van der Waals surface area contributed by atoms with Crippen LogP contribution in [0.15, 0.2) is 48.5 Å². The van der Waals surface area contributed by atoms with Gasteiger partial charge in [-0.2, -0.15) is 0 Å². The zero-order valence-corrected chi connectivity index (χ0v) is 14.5. The van der Waals surface area contributed by atoms with Crippen LogP contribution < -0.4 is 0 Å². The summed E-state index contributed by atoms with van der Waals surface area (Å²) >= 11 is 0. The van der Waals surface area contributed by atoms with E-state index in [9.17, 15) is 14.3 Å². The van der Waals surface area contributed by atoms with Gasteiger partial charge in [-0.1, -0.05) is 36.4 Å². The number of aliphatic hydroxyl groups is 1. The standard InChI is InChI=1S/C21H22FNO3/c22-16-7-5-15(6-8-16)20-18-4-2-1-3-14(18)11-12-23(20)21(25)19-10-9-17(24)13-26-19/h1-8,17,19-20,24H,9-13H2/t17-,19-,20+/m1/s1. The highest BCUT2D eigenvalue weighted by atomic mass is 19.1. The van der Waals surface area contributed by atoms with Crippen molar-refractivity contribution >= 4 is 5.91 Å². The van der Waals surface area contributed by atoms with Gasteiger partial charge in [0, 0.05) is 6.54 Å². The zero-order valence-electron chi connectivity index (χ0n) is 14.5. The van der Waals surface area contributed by atoms with Crippen molar-refractivity contribution in [3.63, 3.8) is 0 Å². The van der Waals surface area contributed by atoms with Crippen molar-refractivity contribution in [2.24, 2.45) is 0 Å². The van der Waals surface area contributed by atoms with E-state index in [-0.39, 0.29) is 24.4 Å². The minimum atomic E-state index is -0.522. The van der Waals surface area contributed by atoms with Gasteiger partial charge in [-0.25, -0.2) is 4.39 Å². The van der Waals surface area contributed by atoms with Gasteiger partial charge < -0.3 is 14.7 Å². The Hall–Kier alpha value is -2.24. The van der Waals surface area contributed by atoms with Crippen molar-refractivity contribution in [3.05, 3.63) is 71.0 Å². The summed E-state index contributed by atoms with van der Waals surface area (Å²) in [5.41, 5.74) is 3.18. The second-order valence-corrected chi connectivity index (χ2v) is 6.99. The van der Waals surface area contributed by atoms with Gasteiger partial charge in [0.1, 0.15) is 11.9 Å². The first kappa shape index (κ1) is 17.2. The molecule has 2 aliphatic rings. The number of nitrogens with zero attached hydrogens (tertiary/aromatic N) is 1. The van der Waals surface area contributed by atoms with E-state index in [0.717, 1.165) is 17.5 Å². The van der Waals surface area contributed by atoms with Crippen molar-refractivity contribution in [2.45, 2.75) is 37.5 Å². The Morgan fingerprint density at radius 2 is 1.88 bits per heavy atom. The fourth-order valence-electron chi connectivity index (χ4n) is 3.93. The lowest BCUT2D eigenvalue weighted by Gasteiger charge is -2.40. The maximum Gasteiger partial charge on any atom is 0.252 e. The molecule has 2 heterocycles. The number of hydrogen-bond acceptors (Lipinski definition) is 3. The lowest BCUT2D eigenvalue weighted by atomic mass is 9.87. The molecule has 4 rings (SSSR count). The molecule has 1 fully saturated rings.